The summed E-state index contributed by atoms with van der Waals surface area (Å²) in [7, 11) is 1.67. The van der Waals surface area contributed by atoms with Gasteiger partial charge in [-0.25, -0.2) is 0 Å². The second kappa shape index (κ2) is 7.22. The van der Waals surface area contributed by atoms with Crippen LogP contribution in [0.15, 0.2) is 53.0 Å². The quantitative estimate of drug-likeness (QED) is 0.908. The van der Waals surface area contributed by atoms with Crippen molar-refractivity contribution in [2.75, 3.05) is 7.11 Å². The van der Waals surface area contributed by atoms with Crippen molar-refractivity contribution in [3.05, 3.63) is 69.7 Å². The van der Waals surface area contributed by atoms with E-state index in [1.165, 1.54) is 0 Å². The van der Waals surface area contributed by atoms with Crippen LogP contribution in [0.3, 0.4) is 0 Å². The molecule has 1 amide bonds. The number of carbonyl (C=O) groups is 1. The minimum absolute atomic E-state index is 0.0709. The number of rotatable bonds is 5. The minimum Gasteiger partial charge on any atom is -0.380 e. The van der Waals surface area contributed by atoms with Crippen molar-refractivity contribution in [3.63, 3.8) is 0 Å². The Balaban J connectivity index is 1.91. The molecule has 2 rings (SSSR count). The fourth-order valence-electron chi connectivity index (χ4n) is 1.81. The van der Waals surface area contributed by atoms with Crippen LogP contribution in [-0.4, -0.2) is 13.0 Å². The van der Waals surface area contributed by atoms with Gasteiger partial charge in [0.05, 0.1) is 6.61 Å². The van der Waals surface area contributed by atoms with Crippen molar-refractivity contribution in [3.8, 4) is 0 Å². The van der Waals surface area contributed by atoms with E-state index in [4.69, 9.17) is 4.74 Å². The zero-order valence-corrected chi connectivity index (χ0v) is 12.8. The Morgan fingerprint density at radius 2 is 1.65 bits per heavy atom. The lowest BCUT2D eigenvalue weighted by Crippen LogP contribution is -2.22. The van der Waals surface area contributed by atoms with Crippen molar-refractivity contribution < 1.29 is 9.53 Å². The van der Waals surface area contributed by atoms with Crippen LogP contribution in [0.25, 0.3) is 0 Å². The van der Waals surface area contributed by atoms with Gasteiger partial charge in [0.2, 0.25) is 0 Å². The molecule has 20 heavy (non-hydrogen) atoms. The van der Waals surface area contributed by atoms with E-state index in [0.29, 0.717) is 18.7 Å². The van der Waals surface area contributed by atoms with E-state index in [0.717, 1.165) is 15.6 Å². The van der Waals surface area contributed by atoms with Gasteiger partial charge >= 0.3 is 0 Å². The van der Waals surface area contributed by atoms with Crippen molar-refractivity contribution in [1.29, 1.82) is 0 Å². The molecule has 3 nitrogen and oxygen atoms in total. The molecule has 0 atom stereocenters. The third kappa shape index (κ3) is 4.18. The zero-order valence-electron chi connectivity index (χ0n) is 11.2. The first kappa shape index (κ1) is 14.8. The molecule has 2 aromatic rings. The van der Waals surface area contributed by atoms with Gasteiger partial charge in [-0.15, -0.1) is 0 Å². The van der Waals surface area contributed by atoms with Gasteiger partial charge in [-0.2, -0.15) is 0 Å². The maximum atomic E-state index is 12.0. The van der Waals surface area contributed by atoms with Crippen LogP contribution >= 0.6 is 15.9 Å². The molecule has 0 aliphatic carbocycles. The highest BCUT2D eigenvalue weighted by Crippen LogP contribution is 2.11. The number of amides is 1. The molecule has 0 radical (unpaired) electrons. The van der Waals surface area contributed by atoms with Crippen LogP contribution in [0.1, 0.15) is 21.5 Å². The van der Waals surface area contributed by atoms with E-state index < -0.39 is 0 Å². The molecule has 0 heterocycles. The fraction of sp³-hybridized carbons (Fsp3) is 0.188. The Morgan fingerprint density at radius 3 is 2.25 bits per heavy atom. The van der Waals surface area contributed by atoms with Gasteiger partial charge in [0, 0.05) is 23.7 Å². The second-order valence-electron chi connectivity index (χ2n) is 4.44. The maximum Gasteiger partial charge on any atom is 0.251 e. The fourth-order valence-corrected chi connectivity index (χ4v) is 2.07. The number of halogens is 1. The van der Waals surface area contributed by atoms with Gasteiger partial charge in [-0.1, -0.05) is 40.2 Å². The smallest absolute Gasteiger partial charge is 0.251 e. The Labute approximate surface area is 127 Å². The number of carbonyl (C=O) groups excluding carboxylic acids is 1. The summed E-state index contributed by atoms with van der Waals surface area (Å²) in [5.41, 5.74) is 2.84. The molecular formula is C16H16BrNO2. The van der Waals surface area contributed by atoms with Gasteiger partial charge in [0.1, 0.15) is 0 Å². The molecule has 0 fully saturated rings. The lowest BCUT2D eigenvalue weighted by Gasteiger charge is -2.06. The molecule has 0 aliphatic heterocycles. The van der Waals surface area contributed by atoms with Gasteiger partial charge < -0.3 is 10.1 Å². The first-order chi connectivity index (χ1) is 9.69. The van der Waals surface area contributed by atoms with Crippen LogP contribution in [0.5, 0.6) is 0 Å². The molecular weight excluding hydrogens is 318 g/mol. The number of hydrogen-bond acceptors (Lipinski definition) is 2. The van der Waals surface area contributed by atoms with Crippen LogP contribution in [0, 0.1) is 0 Å². The molecule has 0 saturated carbocycles. The van der Waals surface area contributed by atoms with Crippen molar-refractivity contribution in [1.82, 2.24) is 5.32 Å². The lowest BCUT2D eigenvalue weighted by atomic mass is 10.1. The largest absolute Gasteiger partial charge is 0.380 e. The molecule has 2 aromatic carbocycles. The van der Waals surface area contributed by atoms with Crippen molar-refractivity contribution in [2.24, 2.45) is 0 Å². The lowest BCUT2D eigenvalue weighted by molar-refractivity contribution is 0.0951. The summed E-state index contributed by atoms with van der Waals surface area (Å²) in [6.07, 6.45) is 0. The Bertz CT molecular complexity index is 564. The molecule has 0 aromatic heterocycles. The second-order valence-corrected chi connectivity index (χ2v) is 5.35. The summed E-state index contributed by atoms with van der Waals surface area (Å²) in [6, 6.07) is 15.3. The van der Waals surface area contributed by atoms with E-state index in [1.807, 2.05) is 36.4 Å². The Hall–Kier alpha value is -1.65. The maximum absolute atomic E-state index is 12.0. The highest BCUT2D eigenvalue weighted by molar-refractivity contribution is 9.10. The molecule has 1 N–H and O–H groups in total. The third-order valence-electron chi connectivity index (χ3n) is 2.89. The first-order valence-electron chi connectivity index (χ1n) is 6.29. The molecule has 0 bridgehead atoms. The predicted octanol–water partition coefficient (Wildman–Crippen LogP) is 3.53. The van der Waals surface area contributed by atoms with Crippen LogP contribution in [-0.2, 0) is 17.9 Å². The van der Waals surface area contributed by atoms with Crippen LogP contribution < -0.4 is 5.32 Å². The molecule has 104 valence electrons. The van der Waals surface area contributed by atoms with E-state index in [-0.39, 0.29) is 5.91 Å². The van der Waals surface area contributed by atoms with Crippen molar-refractivity contribution >= 4 is 21.8 Å². The summed E-state index contributed by atoms with van der Waals surface area (Å²) < 4.78 is 6.02. The average molecular weight is 334 g/mol. The van der Waals surface area contributed by atoms with Crippen LogP contribution in [0.4, 0.5) is 0 Å². The highest BCUT2D eigenvalue weighted by atomic mass is 79.9. The monoisotopic (exact) mass is 333 g/mol. The highest BCUT2D eigenvalue weighted by Gasteiger charge is 2.04. The topological polar surface area (TPSA) is 38.3 Å². The summed E-state index contributed by atoms with van der Waals surface area (Å²) in [5, 5.41) is 2.90. The number of hydrogen-bond donors (Lipinski definition) is 1. The summed E-state index contributed by atoms with van der Waals surface area (Å²) in [5.74, 6) is -0.0709. The molecule has 0 spiro atoms. The van der Waals surface area contributed by atoms with Crippen LogP contribution in [0.2, 0.25) is 0 Å². The van der Waals surface area contributed by atoms with Crippen molar-refractivity contribution in [2.45, 2.75) is 13.2 Å². The standard InChI is InChI=1S/C16H16BrNO2/c1-20-11-13-4-2-12(3-5-13)10-18-16(19)14-6-8-15(17)9-7-14/h2-9H,10-11H2,1H3,(H,18,19). The van der Waals surface area contributed by atoms with Gasteiger partial charge in [-0.05, 0) is 35.4 Å². The predicted molar refractivity (Wildman–Crippen MR) is 82.5 cm³/mol. The minimum atomic E-state index is -0.0709. The normalized spacial score (nSPS) is 10.3. The number of ether oxygens (including phenoxy) is 1. The number of methoxy groups -OCH3 is 1. The zero-order chi connectivity index (χ0) is 14.4. The molecule has 0 unspecified atom stereocenters. The third-order valence-corrected chi connectivity index (χ3v) is 3.42. The molecule has 4 heteroatoms. The SMILES string of the molecule is COCc1ccc(CNC(=O)c2ccc(Br)cc2)cc1. The van der Waals surface area contributed by atoms with Gasteiger partial charge in [0.25, 0.3) is 5.91 Å². The summed E-state index contributed by atoms with van der Waals surface area (Å²) in [6.45, 7) is 1.12. The Kier molecular flexibility index (Phi) is 5.32. The average Bonchev–Trinajstić information content (AvgIpc) is 2.47. The van der Waals surface area contributed by atoms with E-state index in [1.54, 1.807) is 19.2 Å². The number of nitrogens with one attached hydrogen (secondary N) is 1. The van der Waals surface area contributed by atoms with E-state index in [9.17, 15) is 4.79 Å². The molecule has 0 saturated heterocycles. The van der Waals surface area contributed by atoms with E-state index in [2.05, 4.69) is 21.2 Å². The van der Waals surface area contributed by atoms with E-state index >= 15 is 0 Å². The number of benzene rings is 2. The first-order valence-corrected chi connectivity index (χ1v) is 7.09. The van der Waals surface area contributed by atoms with Gasteiger partial charge in [0.15, 0.2) is 0 Å². The summed E-state index contributed by atoms with van der Waals surface area (Å²) in [4.78, 5) is 12.0. The summed E-state index contributed by atoms with van der Waals surface area (Å²) >= 11 is 3.35. The molecule has 0 aliphatic rings. The Morgan fingerprint density at radius 1 is 1.05 bits per heavy atom. The van der Waals surface area contributed by atoms with Gasteiger partial charge in [-0.3, -0.25) is 4.79 Å².